The van der Waals surface area contributed by atoms with Gasteiger partial charge in [0.15, 0.2) is 9.84 Å². The topological polar surface area (TPSA) is 65.5 Å². The number of aromatic nitrogens is 1. The first-order chi connectivity index (χ1) is 12.4. The van der Waals surface area contributed by atoms with Gasteiger partial charge in [0.25, 0.3) is 0 Å². The molecule has 0 amide bonds. The van der Waals surface area contributed by atoms with E-state index in [1.807, 2.05) is 23.6 Å². The Morgan fingerprint density at radius 1 is 1.19 bits per heavy atom. The van der Waals surface area contributed by atoms with Crippen molar-refractivity contribution in [3.8, 4) is 22.1 Å². The molecule has 0 aliphatic heterocycles. The maximum Gasteiger partial charge on any atom is 0.175 e. The highest BCUT2D eigenvalue weighted by Gasteiger charge is 2.12. The number of thiazole rings is 1. The molecule has 0 unspecified atom stereocenters. The van der Waals surface area contributed by atoms with Gasteiger partial charge in [-0.05, 0) is 36.4 Å². The fourth-order valence-corrected chi connectivity index (χ4v) is 4.14. The lowest BCUT2D eigenvalue weighted by Gasteiger charge is -2.07. The SMILES string of the molecule is COc1ccc(Br)cc1-c1nc(COc2cccc(S(C)(=O)=O)c2)cs1. The van der Waals surface area contributed by atoms with Crippen molar-refractivity contribution in [2.45, 2.75) is 11.5 Å². The van der Waals surface area contributed by atoms with Crippen LogP contribution in [-0.2, 0) is 16.4 Å². The molecule has 26 heavy (non-hydrogen) atoms. The smallest absolute Gasteiger partial charge is 0.175 e. The van der Waals surface area contributed by atoms with E-state index < -0.39 is 9.84 Å². The number of hydrogen-bond donors (Lipinski definition) is 0. The Morgan fingerprint density at radius 3 is 2.73 bits per heavy atom. The van der Waals surface area contributed by atoms with Crippen LogP contribution in [0.15, 0.2) is 57.2 Å². The number of methoxy groups -OCH3 is 1. The summed E-state index contributed by atoms with van der Waals surface area (Å²) in [5.74, 6) is 1.23. The summed E-state index contributed by atoms with van der Waals surface area (Å²) in [7, 11) is -1.64. The van der Waals surface area contributed by atoms with E-state index in [1.54, 1.807) is 25.3 Å². The van der Waals surface area contributed by atoms with Gasteiger partial charge in [-0.3, -0.25) is 0 Å². The summed E-state index contributed by atoms with van der Waals surface area (Å²) >= 11 is 4.96. The van der Waals surface area contributed by atoms with E-state index in [1.165, 1.54) is 23.7 Å². The lowest BCUT2D eigenvalue weighted by molar-refractivity contribution is 0.301. The zero-order valence-electron chi connectivity index (χ0n) is 14.1. The molecule has 8 heteroatoms. The summed E-state index contributed by atoms with van der Waals surface area (Å²) in [5.41, 5.74) is 1.66. The van der Waals surface area contributed by atoms with Gasteiger partial charge in [-0.1, -0.05) is 22.0 Å². The van der Waals surface area contributed by atoms with Gasteiger partial charge in [-0.2, -0.15) is 0 Å². The number of ether oxygens (including phenoxy) is 2. The first-order valence-corrected chi connectivity index (χ1v) is 11.1. The molecule has 3 aromatic rings. The quantitative estimate of drug-likeness (QED) is 0.546. The fraction of sp³-hybridized carbons (Fsp3) is 0.167. The van der Waals surface area contributed by atoms with Crippen molar-refractivity contribution in [3.05, 3.63) is 58.0 Å². The van der Waals surface area contributed by atoms with Crippen molar-refractivity contribution in [2.24, 2.45) is 0 Å². The van der Waals surface area contributed by atoms with Crippen LogP contribution in [0, 0.1) is 0 Å². The van der Waals surface area contributed by atoms with Gasteiger partial charge in [-0.25, -0.2) is 13.4 Å². The molecule has 0 bridgehead atoms. The number of halogens is 1. The Balaban J connectivity index is 1.77. The molecule has 0 saturated carbocycles. The number of nitrogens with zero attached hydrogens (tertiary/aromatic N) is 1. The minimum Gasteiger partial charge on any atom is -0.496 e. The normalized spacial score (nSPS) is 11.3. The van der Waals surface area contributed by atoms with Gasteiger partial charge < -0.3 is 9.47 Å². The van der Waals surface area contributed by atoms with Crippen LogP contribution in [0.2, 0.25) is 0 Å². The van der Waals surface area contributed by atoms with Crippen molar-refractivity contribution >= 4 is 37.1 Å². The van der Waals surface area contributed by atoms with Crippen molar-refractivity contribution in [1.82, 2.24) is 4.98 Å². The largest absolute Gasteiger partial charge is 0.496 e. The Bertz CT molecular complexity index is 1030. The molecular formula is C18H16BrNO4S2. The molecule has 1 aromatic heterocycles. The summed E-state index contributed by atoms with van der Waals surface area (Å²) in [5, 5.41) is 2.74. The Kier molecular flexibility index (Phi) is 5.64. The predicted molar refractivity (Wildman–Crippen MR) is 106 cm³/mol. The van der Waals surface area contributed by atoms with E-state index in [9.17, 15) is 8.42 Å². The third-order valence-electron chi connectivity index (χ3n) is 3.56. The van der Waals surface area contributed by atoms with Crippen LogP contribution in [0.4, 0.5) is 0 Å². The molecule has 5 nitrogen and oxygen atoms in total. The van der Waals surface area contributed by atoms with Gasteiger partial charge in [-0.15, -0.1) is 11.3 Å². The Labute approximate surface area is 164 Å². The highest BCUT2D eigenvalue weighted by Crippen LogP contribution is 2.34. The summed E-state index contributed by atoms with van der Waals surface area (Å²) < 4.78 is 35.3. The average Bonchev–Trinajstić information content (AvgIpc) is 3.08. The molecule has 0 fully saturated rings. The highest BCUT2D eigenvalue weighted by atomic mass is 79.9. The Hall–Kier alpha value is -1.90. The van der Waals surface area contributed by atoms with Gasteiger partial charge >= 0.3 is 0 Å². The molecule has 3 rings (SSSR count). The van der Waals surface area contributed by atoms with Gasteiger partial charge in [0.1, 0.15) is 23.1 Å². The summed E-state index contributed by atoms with van der Waals surface area (Å²) in [6.07, 6.45) is 1.17. The van der Waals surface area contributed by atoms with Crippen LogP contribution in [0.25, 0.3) is 10.6 Å². The van der Waals surface area contributed by atoms with Crippen molar-refractivity contribution in [3.63, 3.8) is 0 Å². The molecule has 0 spiro atoms. The van der Waals surface area contributed by atoms with Crippen LogP contribution in [0.3, 0.4) is 0 Å². The third kappa shape index (κ3) is 4.44. The standard InChI is InChI=1S/C18H16BrNO4S2/c1-23-17-7-6-12(19)8-16(17)18-20-13(11-25-18)10-24-14-4-3-5-15(9-14)26(2,21)22/h3-9,11H,10H2,1-2H3. The summed E-state index contributed by atoms with van der Waals surface area (Å²) in [6.45, 7) is 0.250. The second kappa shape index (κ2) is 7.77. The molecular weight excluding hydrogens is 438 g/mol. The molecule has 0 saturated heterocycles. The Morgan fingerprint density at radius 2 is 2.00 bits per heavy atom. The third-order valence-corrected chi connectivity index (χ3v) is 6.09. The molecule has 136 valence electrons. The van der Waals surface area contributed by atoms with Crippen LogP contribution in [0.5, 0.6) is 11.5 Å². The monoisotopic (exact) mass is 453 g/mol. The zero-order valence-corrected chi connectivity index (χ0v) is 17.3. The minimum atomic E-state index is -3.26. The zero-order chi connectivity index (χ0) is 18.7. The first kappa shape index (κ1) is 18.9. The highest BCUT2D eigenvalue weighted by molar-refractivity contribution is 9.10. The lowest BCUT2D eigenvalue weighted by Crippen LogP contribution is -1.99. The maximum atomic E-state index is 11.6. The van der Waals surface area contributed by atoms with Crippen LogP contribution < -0.4 is 9.47 Å². The van der Waals surface area contributed by atoms with E-state index >= 15 is 0 Å². The van der Waals surface area contributed by atoms with Crippen LogP contribution in [0.1, 0.15) is 5.69 Å². The van der Waals surface area contributed by atoms with Crippen LogP contribution in [-0.4, -0.2) is 26.8 Å². The number of hydrogen-bond acceptors (Lipinski definition) is 6. The van der Waals surface area contributed by atoms with E-state index in [4.69, 9.17) is 9.47 Å². The van der Waals surface area contributed by atoms with Gasteiger partial charge in [0.05, 0.1) is 23.3 Å². The predicted octanol–water partition coefficient (Wildman–Crippen LogP) is 4.56. The molecule has 0 N–H and O–H groups in total. The molecule has 1 heterocycles. The number of sulfone groups is 1. The molecule has 0 aliphatic rings. The summed E-state index contributed by atoms with van der Waals surface area (Å²) in [6, 6.07) is 12.2. The molecule has 0 aliphatic carbocycles. The lowest BCUT2D eigenvalue weighted by atomic mass is 10.2. The van der Waals surface area contributed by atoms with Gasteiger partial charge in [0.2, 0.25) is 0 Å². The molecule has 0 atom stereocenters. The van der Waals surface area contributed by atoms with Crippen LogP contribution >= 0.6 is 27.3 Å². The minimum absolute atomic E-state index is 0.229. The van der Waals surface area contributed by atoms with Crippen molar-refractivity contribution in [1.29, 1.82) is 0 Å². The average molecular weight is 454 g/mol. The second-order valence-corrected chi connectivity index (χ2v) is 9.31. The maximum absolute atomic E-state index is 11.6. The van der Waals surface area contributed by atoms with E-state index in [0.29, 0.717) is 5.75 Å². The first-order valence-electron chi connectivity index (χ1n) is 7.58. The second-order valence-electron chi connectivity index (χ2n) is 5.52. The van der Waals surface area contributed by atoms with Gasteiger partial charge in [0, 0.05) is 16.1 Å². The van der Waals surface area contributed by atoms with E-state index in [-0.39, 0.29) is 11.5 Å². The number of rotatable bonds is 6. The fourth-order valence-electron chi connectivity index (χ4n) is 2.30. The van der Waals surface area contributed by atoms with Crippen molar-refractivity contribution < 1.29 is 17.9 Å². The van der Waals surface area contributed by atoms with Crippen molar-refractivity contribution in [2.75, 3.05) is 13.4 Å². The van der Waals surface area contributed by atoms with E-state index in [0.717, 1.165) is 26.5 Å². The molecule has 2 aromatic carbocycles. The summed E-state index contributed by atoms with van der Waals surface area (Å²) in [4.78, 5) is 4.82. The number of benzene rings is 2. The van der Waals surface area contributed by atoms with E-state index in [2.05, 4.69) is 20.9 Å². The molecule has 0 radical (unpaired) electrons.